The van der Waals surface area contributed by atoms with Crippen LogP contribution in [-0.4, -0.2) is 40.5 Å². The fraction of sp³-hybridized carbons (Fsp3) is 0.385. The third kappa shape index (κ3) is 3.07. The average molecular weight is 247 g/mol. The van der Waals surface area contributed by atoms with Gasteiger partial charge in [-0.2, -0.15) is 0 Å². The van der Waals surface area contributed by atoms with Crippen molar-refractivity contribution in [1.29, 1.82) is 0 Å². The summed E-state index contributed by atoms with van der Waals surface area (Å²) in [7, 11) is 1.88. The number of likely N-dealkylation sites (N-methyl/N-ethyl adjacent to an activating group) is 1. The maximum Gasteiger partial charge on any atom is 0.320 e. The molecule has 0 aliphatic heterocycles. The van der Waals surface area contributed by atoms with Crippen molar-refractivity contribution in [3.05, 3.63) is 36.3 Å². The van der Waals surface area contributed by atoms with Crippen LogP contribution in [0.25, 0.3) is 5.65 Å². The Morgan fingerprint density at radius 3 is 3.06 bits per heavy atom. The highest BCUT2D eigenvalue weighted by molar-refractivity contribution is 5.71. The highest BCUT2D eigenvalue weighted by Gasteiger charge is 2.09. The molecule has 5 heteroatoms. The topological polar surface area (TPSA) is 46.8 Å². The van der Waals surface area contributed by atoms with E-state index in [1.54, 1.807) is 6.92 Å². The fourth-order valence-corrected chi connectivity index (χ4v) is 1.82. The van der Waals surface area contributed by atoms with Crippen LogP contribution in [0, 0.1) is 0 Å². The average Bonchev–Trinajstić information content (AvgIpc) is 2.70. The van der Waals surface area contributed by atoms with Crippen molar-refractivity contribution in [3.63, 3.8) is 0 Å². The van der Waals surface area contributed by atoms with Crippen LogP contribution >= 0.6 is 0 Å². The third-order valence-corrected chi connectivity index (χ3v) is 2.55. The first kappa shape index (κ1) is 12.6. The fourth-order valence-electron chi connectivity index (χ4n) is 1.82. The second kappa shape index (κ2) is 5.64. The molecule has 0 saturated heterocycles. The number of rotatable bonds is 5. The van der Waals surface area contributed by atoms with E-state index >= 15 is 0 Å². The molecule has 0 amide bonds. The van der Waals surface area contributed by atoms with Crippen molar-refractivity contribution in [2.45, 2.75) is 13.5 Å². The van der Waals surface area contributed by atoms with Crippen molar-refractivity contribution in [3.8, 4) is 0 Å². The van der Waals surface area contributed by atoms with Crippen molar-refractivity contribution in [2.24, 2.45) is 0 Å². The number of imidazole rings is 1. The summed E-state index contributed by atoms with van der Waals surface area (Å²) in [5.74, 6) is -0.205. The maximum absolute atomic E-state index is 11.3. The Kier molecular flexibility index (Phi) is 3.94. The molecule has 0 saturated carbocycles. The van der Waals surface area contributed by atoms with Crippen LogP contribution in [0.4, 0.5) is 0 Å². The molecular formula is C13H17N3O2. The number of aromatic nitrogens is 2. The van der Waals surface area contributed by atoms with E-state index in [0.29, 0.717) is 13.2 Å². The van der Waals surface area contributed by atoms with Crippen LogP contribution in [0.3, 0.4) is 0 Å². The minimum atomic E-state index is -0.205. The summed E-state index contributed by atoms with van der Waals surface area (Å²) in [5, 5.41) is 0. The molecule has 2 rings (SSSR count). The largest absolute Gasteiger partial charge is 0.465 e. The number of fused-ring (bicyclic) bond motifs is 1. The normalized spacial score (nSPS) is 11.1. The van der Waals surface area contributed by atoms with E-state index in [0.717, 1.165) is 11.3 Å². The second-order valence-corrected chi connectivity index (χ2v) is 4.18. The minimum Gasteiger partial charge on any atom is -0.465 e. The molecule has 18 heavy (non-hydrogen) atoms. The number of hydrogen-bond acceptors (Lipinski definition) is 4. The molecule has 0 radical (unpaired) electrons. The number of esters is 1. The zero-order valence-corrected chi connectivity index (χ0v) is 10.7. The number of carbonyl (C=O) groups excluding carboxylic acids is 1. The first-order chi connectivity index (χ1) is 8.69. The highest BCUT2D eigenvalue weighted by Crippen LogP contribution is 2.06. The van der Waals surface area contributed by atoms with E-state index in [1.165, 1.54) is 0 Å². The quantitative estimate of drug-likeness (QED) is 0.748. The summed E-state index contributed by atoms with van der Waals surface area (Å²) in [4.78, 5) is 17.7. The number of hydrogen-bond donors (Lipinski definition) is 0. The lowest BCUT2D eigenvalue weighted by molar-refractivity contribution is -0.144. The monoisotopic (exact) mass is 247 g/mol. The Balaban J connectivity index is 1.98. The Labute approximate surface area is 106 Å². The Morgan fingerprint density at radius 1 is 1.50 bits per heavy atom. The minimum absolute atomic E-state index is 0.205. The second-order valence-electron chi connectivity index (χ2n) is 4.18. The standard InChI is InChI=1S/C13H17N3O2/c1-3-18-13(17)10-15(2)8-11-9-16-7-5-4-6-12(16)14-11/h4-7,9H,3,8,10H2,1-2H3. The SMILES string of the molecule is CCOC(=O)CN(C)Cc1cn2ccccc2n1. The lowest BCUT2D eigenvalue weighted by Crippen LogP contribution is -2.27. The molecule has 0 bridgehead atoms. The zero-order chi connectivity index (χ0) is 13.0. The Hall–Kier alpha value is -1.88. The molecule has 0 aliphatic rings. The van der Waals surface area contributed by atoms with E-state index in [4.69, 9.17) is 4.74 Å². The summed E-state index contributed by atoms with van der Waals surface area (Å²) in [6.45, 7) is 3.13. The van der Waals surface area contributed by atoms with Gasteiger partial charge in [0.15, 0.2) is 0 Å². The van der Waals surface area contributed by atoms with Crippen LogP contribution in [0.5, 0.6) is 0 Å². The molecule has 0 atom stereocenters. The van der Waals surface area contributed by atoms with Crippen molar-refractivity contribution in [2.75, 3.05) is 20.2 Å². The molecule has 0 aromatic carbocycles. The Bertz CT molecular complexity index is 503. The summed E-state index contributed by atoms with van der Waals surface area (Å²) in [5.41, 5.74) is 1.85. The smallest absolute Gasteiger partial charge is 0.320 e. The summed E-state index contributed by atoms with van der Waals surface area (Å²) in [6.07, 6.45) is 3.92. The molecule has 0 unspecified atom stereocenters. The van der Waals surface area contributed by atoms with Gasteiger partial charge in [0.25, 0.3) is 0 Å². The summed E-state index contributed by atoms with van der Waals surface area (Å²) < 4.78 is 6.87. The van der Waals surface area contributed by atoms with E-state index in [-0.39, 0.29) is 12.5 Å². The first-order valence-electron chi connectivity index (χ1n) is 5.96. The van der Waals surface area contributed by atoms with Crippen LogP contribution in [0.15, 0.2) is 30.6 Å². The number of nitrogens with zero attached hydrogens (tertiary/aromatic N) is 3. The van der Waals surface area contributed by atoms with Gasteiger partial charge < -0.3 is 9.14 Å². The van der Waals surface area contributed by atoms with Gasteiger partial charge in [-0.3, -0.25) is 9.69 Å². The number of pyridine rings is 1. The van der Waals surface area contributed by atoms with E-state index < -0.39 is 0 Å². The lowest BCUT2D eigenvalue weighted by atomic mass is 10.4. The molecule has 0 spiro atoms. The van der Waals surface area contributed by atoms with Gasteiger partial charge in [0, 0.05) is 18.9 Å². The Morgan fingerprint density at radius 2 is 2.33 bits per heavy atom. The zero-order valence-electron chi connectivity index (χ0n) is 10.7. The molecule has 0 N–H and O–H groups in total. The van der Waals surface area contributed by atoms with Gasteiger partial charge in [-0.1, -0.05) is 6.07 Å². The van der Waals surface area contributed by atoms with Crippen molar-refractivity contribution < 1.29 is 9.53 Å². The molecule has 2 heterocycles. The van der Waals surface area contributed by atoms with Gasteiger partial charge in [0.1, 0.15) is 5.65 Å². The van der Waals surface area contributed by atoms with Crippen molar-refractivity contribution >= 4 is 11.6 Å². The van der Waals surface area contributed by atoms with E-state index in [2.05, 4.69) is 4.98 Å². The van der Waals surface area contributed by atoms with Gasteiger partial charge >= 0.3 is 5.97 Å². The van der Waals surface area contributed by atoms with Crippen LogP contribution in [0.1, 0.15) is 12.6 Å². The molecule has 96 valence electrons. The number of ether oxygens (including phenoxy) is 1. The van der Waals surface area contributed by atoms with Crippen LogP contribution < -0.4 is 0 Å². The van der Waals surface area contributed by atoms with Crippen LogP contribution in [0.2, 0.25) is 0 Å². The third-order valence-electron chi connectivity index (χ3n) is 2.55. The van der Waals surface area contributed by atoms with Gasteiger partial charge in [0.2, 0.25) is 0 Å². The maximum atomic E-state index is 11.3. The molecule has 0 fully saturated rings. The summed E-state index contributed by atoms with van der Waals surface area (Å²) in [6, 6.07) is 5.87. The molecular weight excluding hydrogens is 230 g/mol. The predicted octanol–water partition coefficient (Wildman–Crippen LogP) is 1.33. The molecule has 2 aromatic rings. The van der Waals surface area contributed by atoms with Gasteiger partial charge in [-0.25, -0.2) is 4.98 Å². The first-order valence-corrected chi connectivity index (χ1v) is 5.96. The predicted molar refractivity (Wildman–Crippen MR) is 68.2 cm³/mol. The highest BCUT2D eigenvalue weighted by atomic mass is 16.5. The van der Waals surface area contributed by atoms with E-state index in [1.807, 2.05) is 46.9 Å². The molecule has 2 aromatic heterocycles. The van der Waals surface area contributed by atoms with E-state index in [9.17, 15) is 4.79 Å². The van der Waals surface area contributed by atoms with Gasteiger partial charge in [-0.15, -0.1) is 0 Å². The van der Waals surface area contributed by atoms with Gasteiger partial charge in [0.05, 0.1) is 18.8 Å². The molecule has 5 nitrogen and oxygen atoms in total. The lowest BCUT2D eigenvalue weighted by Gasteiger charge is -2.13. The number of carbonyl (C=O) groups is 1. The van der Waals surface area contributed by atoms with Gasteiger partial charge in [-0.05, 0) is 26.1 Å². The van der Waals surface area contributed by atoms with Crippen LogP contribution in [-0.2, 0) is 16.1 Å². The molecule has 0 aliphatic carbocycles. The van der Waals surface area contributed by atoms with Crippen molar-refractivity contribution in [1.82, 2.24) is 14.3 Å². The summed E-state index contributed by atoms with van der Waals surface area (Å²) >= 11 is 0.